The van der Waals surface area contributed by atoms with Crippen LogP contribution in [0.2, 0.25) is 0 Å². The highest BCUT2D eigenvalue weighted by atomic mass is 32.2. The molecule has 94 valence electrons. The molecule has 7 heteroatoms. The molecule has 1 aromatic rings. The molecule has 4 nitrogen and oxygen atoms in total. The first-order valence-corrected chi connectivity index (χ1v) is 8.08. The number of rotatable bonds is 2. The minimum Gasteiger partial charge on any atom is -0.398 e. The van der Waals surface area contributed by atoms with E-state index in [0.29, 0.717) is 6.42 Å². The smallest absolute Gasteiger partial charge is 0.151 e. The third-order valence-corrected chi connectivity index (χ3v) is 6.46. The van der Waals surface area contributed by atoms with Gasteiger partial charge in [-0.15, -0.1) is 0 Å². The molecule has 17 heavy (non-hydrogen) atoms. The molecule has 1 aromatic carbocycles. The molecule has 2 rings (SSSR count). The summed E-state index contributed by atoms with van der Waals surface area (Å²) in [6.07, 6.45) is 0.338. The molecule has 2 N–H and O–H groups in total. The summed E-state index contributed by atoms with van der Waals surface area (Å²) < 4.78 is 47.7. The van der Waals surface area contributed by atoms with Gasteiger partial charge in [0.05, 0.1) is 32.5 Å². The Bertz CT molecular complexity index is 571. The predicted octanol–water partition coefficient (Wildman–Crippen LogP) is 0.703. The Kier molecular flexibility index (Phi) is 3.22. The Morgan fingerprint density at radius 1 is 1.41 bits per heavy atom. The third kappa shape index (κ3) is 2.66. The molecule has 1 fully saturated rings. The van der Waals surface area contributed by atoms with Crippen LogP contribution in [0.4, 0.5) is 10.1 Å². The summed E-state index contributed by atoms with van der Waals surface area (Å²) in [6, 6.07) is 3.63. The van der Waals surface area contributed by atoms with E-state index in [1.165, 1.54) is 12.1 Å². The molecule has 0 saturated carbocycles. The maximum atomic E-state index is 13.0. The first-order chi connectivity index (χ1) is 7.89. The van der Waals surface area contributed by atoms with E-state index in [1.807, 2.05) is 0 Å². The summed E-state index contributed by atoms with van der Waals surface area (Å²) in [4.78, 5) is 0.187. The number of nitrogen functional groups attached to an aromatic ring is 1. The van der Waals surface area contributed by atoms with Gasteiger partial charge in [-0.2, -0.15) is 0 Å². The van der Waals surface area contributed by atoms with Gasteiger partial charge in [0.2, 0.25) is 0 Å². The van der Waals surface area contributed by atoms with Crippen LogP contribution in [0.1, 0.15) is 6.42 Å². The molecule has 0 aromatic heterocycles. The summed E-state index contributed by atoms with van der Waals surface area (Å²) >= 11 is 0. The van der Waals surface area contributed by atoms with E-state index in [2.05, 4.69) is 0 Å². The number of anilines is 1. The van der Waals surface area contributed by atoms with Crippen molar-refractivity contribution in [1.82, 2.24) is 0 Å². The maximum absolute atomic E-state index is 13.0. The van der Waals surface area contributed by atoms with Crippen molar-refractivity contribution in [3.63, 3.8) is 0 Å². The highest BCUT2D eigenvalue weighted by Crippen LogP contribution is 2.26. The van der Waals surface area contributed by atoms with Gasteiger partial charge in [-0.3, -0.25) is 4.21 Å². The second-order valence-corrected chi connectivity index (χ2v) is 7.93. The van der Waals surface area contributed by atoms with Crippen molar-refractivity contribution < 1.29 is 17.0 Å². The van der Waals surface area contributed by atoms with Crippen molar-refractivity contribution in [2.24, 2.45) is 0 Å². The highest BCUT2D eigenvalue weighted by Gasteiger charge is 2.33. The molecule has 1 heterocycles. The highest BCUT2D eigenvalue weighted by molar-refractivity contribution is 7.94. The second-order valence-electron chi connectivity index (χ2n) is 4.00. The third-order valence-electron chi connectivity index (χ3n) is 2.69. The normalized spacial score (nSPS) is 24.6. The minimum atomic E-state index is -3.10. The molecular weight excluding hydrogens is 265 g/mol. The fourth-order valence-electron chi connectivity index (χ4n) is 1.79. The zero-order valence-corrected chi connectivity index (χ0v) is 10.6. The predicted molar refractivity (Wildman–Crippen MR) is 64.3 cm³/mol. The minimum absolute atomic E-state index is 0.0403. The average Bonchev–Trinajstić information content (AvgIpc) is 2.61. The summed E-state index contributed by atoms with van der Waals surface area (Å²) in [6.45, 7) is 0. The van der Waals surface area contributed by atoms with E-state index in [1.54, 1.807) is 0 Å². The van der Waals surface area contributed by atoms with Crippen LogP contribution < -0.4 is 5.73 Å². The van der Waals surface area contributed by atoms with Gasteiger partial charge >= 0.3 is 0 Å². The van der Waals surface area contributed by atoms with E-state index in [4.69, 9.17) is 5.73 Å². The van der Waals surface area contributed by atoms with Gasteiger partial charge in [-0.25, -0.2) is 12.8 Å². The lowest BCUT2D eigenvalue weighted by Gasteiger charge is -2.10. The van der Waals surface area contributed by atoms with Crippen molar-refractivity contribution in [1.29, 1.82) is 0 Å². The molecule has 1 saturated heterocycles. The van der Waals surface area contributed by atoms with Crippen LogP contribution in [0, 0.1) is 5.82 Å². The Balaban J connectivity index is 2.29. The van der Waals surface area contributed by atoms with Crippen LogP contribution in [0.5, 0.6) is 0 Å². The van der Waals surface area contributed by atoms with Gasteiger partial charge in [0.25, 0.3) is 0 Å². The van der Waals surface area contributed by atoms with Crippen LogP contribution >= 0.6 is 0 Å². The largest absolute Gasteiger partial charge is 0.398 e. The molecule has 2 atom stereocenters. The molecule has 1 aliphatic heterocycles. The number of sulfone groups is 1. The zero-order chi connectivity index (χ0) is 12.6. The molecule has 2 unspecified atom stereocenters. The topological polar surface area (TPSA) is 77.2 Å². The van der Waals surface area contributed by atoms with E-state index >= 15 is 0 Å². The molecular formula is C10H12FNO3S2. The molecule has 0 radical (unpaired) electrons. The monoisotopic (exact) mass is 277 g/mol. The van der Waals surface area contributed by atoms with Gasteiger partial charge < -0.3 is 5.73 Å². The molecule has 0 spiro atoms. The van der Waals surface area contributed by atoms with Gasteiger partial charge in [-0.1, -0.05) is 0 Å². The summed E-state index contributed by atoms with van der Waals surface area (Å²) in [7, 11) is -4.67. The fourth-order valence-corrected chi connectivity index (χ4v) is 5.82. The van der Waals surface area contributed by atoms with Crippen molar-refractivity contribution in [2.45, 2.75) is 16.6 Å². The van der Waals surface area contributed by atoms with E-state index in [-0.39, 0.29) is 22.1 Å². The lowest BCUT2D eigenvalue weighted by atomic mass is 10.3. The van der Waals surface area contributed by atoms with Gasteiger partial charge in [0.1, 0.15) is 5.82 Å². The number of nitrogens with two attached hydrogens (primary N) is 1. The van der Waals surface area contributed by atoms with Crippen LogP contribution in [0.25, 0.3) is 0 Å². The van der Waals surface area contributed by atoms with Gasteiger partial charge in [0.15, 0.2) is 9.84 Å². The molecule has 1 aliphatic rings. The molecule has 0 amide bonds. The van der Waals surface area contributed by atoms with Crippen LogP contribution in [-0.4, -0.2) is 29.4 Å². The fraction of sp³-hybridized carbons (Fsp3) is 0.400. The van der Waals surface area contributed by atoms with E-state index in [9.17, 15) is 17.0 Å². The quantitative estimate of drug-likeness (QED) is 0.807. The summed E-state index contributed by atoms with van der Waals surface area (Å²) in [5.41, 5.74) is 5.85. The Hall–Kier alpha value is -0.950. The van der Waals surface area contributed by atoms with Crippen molar-refractivity contribution in [3.05, 3.63) is 24.0 Å². The molecule has 0 bridgehead atoms. The summed E-state index contributed by atoms with van der Waals surface area (Å²) in [5.74, 6) is -0.600. The van der Waals surface area contributed by atoms with Crippen molar-refractivity contribution >= 4 is 26.3 Å². The lowest BCUT2D eigenvalue weighted by Crippen LogP contribution is -2.18. The van der Waals surface area contributed by atoms with E-state index in [0.717, 1.165) is 6.07 Å². The van der Waals surface area contributed by atoms with Gasteiger partial charge in [-0.05, 0) is 24.6 Å². The number of hydrogen-bond acceptors (Lipinski definition) is 4. The van der Waals surface area contributed by atoms with Crippen molar-refractivity contribution in [2.75, 3.05) is 17.2 Å². The second kappa shape index (κ2) is 4.38. The van der Waals surface area contributed by atoms with Crippen molar-refractivity contribution in [3.8, 4) is 0 Å². The van der Waals surface area contributed by atoms with Crippen LogP contribution in [-0.2, 0) is 20.6 Å². The van der Waals surface area contributed by atoms with Crippen LogP contribution in [0.3, 0.4) is 0 Å². The zero-order valence-electron chi connectivity index (χ0n) is 8.93. The van der Waals surface area contributed by atoms with E-state index < -0.39 is 31.7 Å². The number of benzene rings is 1. The SMILES string of the molecule is Nc1ccc(F)cc1S(=O)C1CCS(=O)(=O)C1. The maximum Gasteiger partial charge on any atom is 0.151 e. The first kappa shape index (κ1) is 12.5. The standard InChI is InChI=1S/C10H12FNO3S2/c11-7-1-2-9(12)10(5-7)16(13)8-3-4-17(14,15)6-8/h1-2,5,8H,3-4,6,12H2. The Labute approximate surface area is 101 Å². The number of halogens is 1. The molecule has 0 aliphatic carbocycles. The Morgan fingerprint density at radius 3 is 2.71 bits per heavy atom. The summed E-state index contributed by atoms with van der Waals surface area (Å²) in [5, 5.41) is -0.482. The first-order valence-electron chi connectivity index (χ1n) is 5.05. The Morgan fingerprint density at radius 2 is 2.12 bits per heavy atom. The van der Waals surface area contributed by atoms with Gasteiger partial charge in [0, 0.05) is 5.69 Å². The van der Waals surface area contributed by atoms with Crippen LogP contribution in [0.15, 0.2) is 23.1 Å². The number of hydrogen-bond donors (Lipinski definition) is 1. The average molecular weight is 277 g/mol. The lowest BCUT2D eigenvalue weighted by molar-refractivity contribution is 0.602.